The molecular weight excluding hydrogens is 392 g/mol. The highest BCUT2D eigenvalue weighted by molar-refractivity contribution is 5.86. The lowest BCUT2D eigenvalue weighted by Gasteiger charge is -2.36. The fourth-order valence-corrected chi connectivity index (χ4v) is 3.41. The predicted molar refractivity (Wildman–Crippen MR) is 120 cm³/mol. The van der Waals surface area contributed by atoms with Crippen LogP contribution in [-0.4, -0.2) is 39.5 Å². The Morgan fingerprint density at radius 2 is 1.55 bits per heavy atom. The zero-order chi connectivity index (χ0) is 21.9. The highest BCUT2D eigenvalue weighted by atomic mass is 16.6. The van der Waals surface area contributed by atoms with Crippen LogP contribution >= 0.6 is 0 Å². The first-order valence-electron chi connectivity index (χ1n) is 10.3. The van der Waals surface area contributed by atoms with E-state index in [0.717, 1.165) is 22.4 Å². The number of carbonyl (C=O) groups is 1. The standard InChI is InChI=1S/C20H22O5.C6H6/c1-3-24-19(21)20(14-23-12-13-25-20)18-7-5-4-6-17(18)15-8-10-16(22-2)11-9-15;1-2-4-6-5-3-1/h4-11H,3,12-14H2,1-2H3;1-6H. The number of ether oxygens (including phenoxy) is 4. The van der Waals surface area contributed by atoms with Gasteiger partial charge in [-0.3, -0.25) is 0 Å². The van der Waals surface area contributed by atoms with Crippen molar-refractivity contribution in [3.63, 3.8) is 0 Å². The van der Waals surface area contributed by atoms with Gasteiger partial charge in [-0.2, -0.15) is 0 Å². The summed E-state index contributed by atoms with van der Waals surface area (Å²) in [6, 6.07) is 27.4. The molecule has 0 radical (unpaired) electrons. The van der Waals surface area contributed by atoms with E-state index in [4.69, 9.17) is 18.9 Å². The Hall–Kier alpha value is -3.15. The van der Waals surface area contributed by atoms with Crippen LogP contribution in [0.25, 0.3) is 11.1 Å². The van der Waals surface area contributed by atoms with E-state index in [1.54, 1.807) is 14.0 Å². The first-order valence-corrected chi connectivity index (χ1v) is 10.3. The van der Waals surface area contributed by atoms with Crippen LogP contribution in [0.3, 0.4) is 0 Å². The molecule has 3 aromatic rings. The molecule has 0 bridgehead atoms. The summed E-state index contributed by atoms with van der Waals surface area (Å²) in [5.74, 6) is 0.356. The molecule has 3 aromatic carbocycles. The van der Waals surface area contributed by atoms with Crippen molar-refractivity contribution in [2.75, 3.05) is 33.5 Å². The van der Waals surface area contributed by atoms with Crippen molar-refractivity contribution in [2.45, 2.75) is 12.5 Å². The lowest BCUT2D eigenvalue weighted by molar-refractivity contribution is -0.202. The largest absolute Gasteiger partial charge is 0.497 e. The van der Waals surface area contributed by atoms with Gasteiger partial charge in [-0.15, -0.1) is 0 Å². The number of hydrogen-bond donors (Lipinski definition) is 0. The molecule has 162 valence electrons. The minimum atomic E-state index is -1.25. The Bertz CT molecular complexity index is 905. The maximum Gasteiger partial charge on any atom is 0.345 e. The topological polar surface area (TPSA) is 54.0 Å². The highest BCUT2D eigenvalue weighted by Crippen LogP contribution is 2.37. The number of esters is 1. The van der Waals surface area contributed by atoms with E-state index >= 15 is 0 Å². The molecule has 5 nitrogen and oxygen atoms in total. The summed E-state index contributed by atoms with van der Waals surface area (Å²) in [5.41, 5.74) is 1.38. The lowest BCUT2D eigenvalue weighted by atomic mass is 9.86. The molecule has 1 unspecified atom stereocenters. The van der Waals surface area contributed by atoms with Gasteiger partial charge in [-0.1, -0.05) is 72.8 Å². The van der Waals surface area contributed by atoms with Crippen molar-refractivity contribution in [3.05, 3.63) is 90.5 Å². The number of carbonyl (C=O) groups excluding carboxylic acids is 1. The fraction of sp³-hybridized carbons (Fsp3) is 0.269. The van der Waals surface area contributed by atoms with Crippen molar-refractivity contribution in [2.24, 2.45) is 0 Å². The minimum Gasteiger partial charge on any atom is -0.497 e. The van der Waals surface area contributed by atoms with Crippen LogP contribution in [0.15, 0.2) is 84.9 Å². The molecule has 0 spiro atoms. The number of hydrogen-bond acceptors (Lipinski definition) is 5. The average Bonchev–Trinajstić information content (AvgIpc) is 2.86. The van der Waals surface area contributed by atoms with Gasteiger partial charge in [0.25, 0.3) is 0 Å². The summed E-state index contributed by atoms with van der Waals surface area (Å²) >= 11 is 0. The average molecular weight is 421 g/mol. The SMILES string of the molecule is CCOC(=O)C1(c2ccccc2-c2ccc(OC)cc2)COCCO1.c1ccccc1. The van der Waals surface area contributed by atoms with Gasteiger partial charge < -0.3 is 18.9 Å². The monoisotopic (exact) mass is 420 g/mol. The van der Waals surface area contributed by atoms with Crippen molar-refractivity contribution < 1.29 is 23.7 Å². The molecule has 1 aliphatic rings. The van der Waals surface area contributed by atoms with Crippen LogP contribution < -0.4 is 4.74 Å². The zero-order valence-electron chi connectivity index (χ0n) is 18.0. The first kappa shape index (κ1) is 22.5. The van der Waals surface area contributed by atoms with Gasteiger partial charge in [0, 0.05) is 5.56 Å². The number of methoxy groups -OCH3 is 1. The number of benzene rings is 3. The van der Waals surface area contributed by atoms with E-state index in [-0.39, 0.29) is 13.2 Å². The molecule has 1 atom stereocenters. The minimum absolute atomic E-state index is 0.138. The van der Waals surface area contributed by atoms with E-state index in [1.807, 2.05) is 84.9 Å². The van der Waals surface area contributed by atoms with E-state index in [2.05, 4.69) is 0 Å². The van der Waals surface area contributed by atoms with E-state index in [0.29, 0.717) is 13.2 Å². The van der Waals surface area contributed by atoms with Gasteiger partial charge in [-0.25, -0.2) is 4.79 Å². The second-order valence-electron chi connectivity index (χ2n) is 6.88. The Morgan fingerprint density at radius 3 is 2.10 bits per heavy atom. The van der Waals surface area contributed by atoms with Crippen molar-refractivity contribution >= 4 is 5.97 Å². The fourth-order valence-electron chi connectivity index (χ4n) is 3.41. The van der Waals surface area contributed by atoms with Gasteiger partial charge >= 0.3 is 5.97 Å². The summed E-state index contributed by atoms with van der Waals surface area (Å²) in [5, 5.41) is 0. The van der Waals surface area contributed by atoms with Crippen LogP contribution in [-0.2, 0) is 24.6 Å². The van der Waals surface area contributed by atoms with Crippen LogP contribution in [0.4, 0.5) is 0 Å². The Kier molecular flexibility index (Phi) is 8.21. The van der Waals surface area contributed by atoms with Crippen molar-refractivity contribution in [3.8, 4) is 16.9 Å². The summed E-state index contributed by atoms with van der Waals surface area (Å²) in [4.78, 5) is 12.8. The van der Waals surface area contributed by atoms with Crippen LogP contribution in [0.5, 0.6) is 5.75 Å². The van der Waals surface area contributed by atoms with Crippen LogP contribution in [0.2, 0.25) is 0 Å². The van der Waals surface area contributed by atoms with Gasteiger partial charge in [0.2, 0.25) is 5.60 Å². The summed E-state index contributed by atoms with van der Waals surface area (Å²) in [7, 11) is 1.63. The summed E-state index contributed by atoms with van der Waals surface area (Å²) in [6.07, 6.45) is 0. The molecule has 0 saturated carbocycles. The van der Waals surface area contributed by atoms with E-state index in [1.165, 1.54) is 0 Å². The molecule has 0 aliphatic carbocycles. The quantitative estimate of drug-likeness (QED) is 0.552. The van der Waals surface area contributed by atoms with E-state index in [9.17, 15) is 4.79 Å². The van der Waals surface area contributed by atoms with Gasteiger partial charge in [0.05, 0.1) is 33.5 Å². The third-order valence-electron chi connectivity index (χ3n) is 4.92. The molecule has 1 saturated heterocycles. The zero-order valence-corrected chi connectivity index (χ0v) is 18.0. The first-order chi connectivity index (χ1) is 15.2. The highest BCUT2D eigenvalue weighted by Gasteiger charge is 2.46. The Balaban J connectivity index is 0.000000391. The Morgan fingerprint density at radius 1 is 0.903 bits per heavy atom. The lowest BCUT2D eigenvalue weighted by Crippen LogP contribution is -2.48. The molecule has 0 amide bonds. The van der Waals surface area contributed by atoms with Crippen molar-refractivity contribution in [1.82, 2.24) is 0 Å². The second-order valence-corrected chi connectivity index (χ2v) is 6.88. The third-order valence-corrected chi connectivity index (χ3v) is 4.92. The van der Waals surface area contributed by atoms with Gasteiger partial charge in [0.1, 0.15) is 5.75 Å². The normalized spacial score (nSPS) is 17.7. The predicted octanol–water partition coefficient (Wildman–Crippen LogP) is 4.85. The van der Waals surface area contributed by atoms with E-state index < -0.39 is 11.6 Å². The molecule has 0 N–H and O–H groups in total. The summed E-state index contributed by atoms with van der Waals surface area (Å²) < 4.78 is 22.1. The maximum absolute atomic E-state index is 12.8. The van der Waals surface area contributed by atoms with Crippen molar-refractivity contribution in [1.29, 1.82) is 0 Å². The number of rotatable bonds is 5. The van der Waals surface area contributed by atoms with Gasteiger partial charge in [0.15, 0.2) is 0 Å². The summed E-state index contributed by atoms with van der Waals surface area (Å²) in [6.45, 7) is 3.01. The second kappa shape index (κ2) is 11.3. The molecule has 5 heteroatoms. The van der Waals surface area contributed by atoms with Gasteiger partial charge in [-0.05, 0) is 30.2 Å². The molecule has 31 heavy (non-hydrogen) atoms. The molecular formula is C26H28O5. The molecule has 1 fully saturated rings. The molecule has 1 heterocycles. The maximum atomic E-state index is 12.8. The smallest absolute Gasteiger partial charge is 0.345 e. The molecule has 4 rings (SSSR count). The molecule has 0 aromatic heterocycles. The molecule has 1 aliphatic heterocycles. The Labute approximate surface area is 183 Å². The van der Waals surface area contributed by atoms with Crippen LogP contribution in [0.1, 0.15) is 12.5 Å². The third kappa shape index (κ3) is 5.51. The van der Waals surface area contributed by atoms with Crippen LogP contribution in [0, 0.1) is 0 Å².